The number of hydrogen-bond donors (Lipinski definition) is 1. The van der Waals surface area contributed by atoms with Gasteiger partial charge in [-0.2, -0.15) is 4.98 Å². The van der Waals surface area contributed by atoms with Crippen LogP contribution in [0.5, 0.6) is 0 Å². The van der Waals surface area contributed by atoms with Crippen molar-refractivity contribution in [1.82, 2.24) is 15.0 Å². The highest BCUT2D eigenvalue weighted by Crippen LogP contribution is 2.39. The zero-order valence-corrected chi connectivity index (χ0v) is 13.2. The van der Waals surface area contributed by atoms with E-state index < -0.39 is 18.2 Å². The van der Waals surface area contributed by atoms with E-state index in [1.807, 2.05) is 30.3 Å². The van der Waals surface area contributed by atoms with Crippen molar-refractivity contribution in [2.45, 2.75) is 43.9 Å². The van der Waals surface area contributed by atoms with Crippen molar-refractivity contribution >= 4 is 6.09 Å². The molecule has 1 saturated heterocycles. The number of β-amino-alcohol motifs (C(OH)–C–C–N with tert-alkyl or cyclic N) is 1. The van der Waals surface area contributed by atoms with Crippen LogP contribution in [-0.2, 0) is 11.3 Å². The molecule has 7 heteroatoms. The number of aliphatic hydroxyl groups is 1. The van der Waals surface area contributed by atoms with Crippen LogP contribution in [-0.4, -0.2) is 38.9 Å². The van der Waals surface area contributed by atoms with Crippen molar-refractivity contribution in [3.63, 3.8) is 0 Å². The molecule has 0 unspecified atom stereocenters. The molecule has 0 spiro atoms. The van der Waals surface area contributed by atoms with Crippen LogP contribution >= 0.6 is 0 Å². The van der Waals surface area contributed by atoms with E-state index in [-0.39, 0.29) is 13.2 Å². The SMILES string of the molecule is O=C(OCc1ccccc1)N1C[C@H](O)C[C@H]1c1nc(C2CC2)no1. The summed E-state index contributed by atoms with van der Waals surface area (Å²) in [5.41, 5.74) is 0.913. The molecule has 1 aliphatic heterocycles. The molecule has 4 rings (SSSR count). The van der Waals surface area contributed by atoms with Gasteiger partial charge in [0.05, 0.1) is 12.6 Å². The first-order valence-corrected chi connectivity index (χ1v) is 8.19. The van der Waals surface area contributed by atoms with Crippen molar-refractivity contribution in [3.05, 3.63) is 47.6 Å². The van der Waals surface area contributed by atoms with E-state index in [0.717, 1.165) is 18.4 Å². The second-order valence-electron chi connectivity index (χ2n) is 6.36. The van der Waals surface area contributed by atoms with Gasteiger partial charge in [-0.15, -0.1) is 0 Å². The van der Waals surface area contributed by atoms with Crippen molar-refractivity contribution in [2.24, 2.45) is 0 Å². The fourth-order valence-electron chi connectivity index (χ4n) is 2.94. The van der Waals surface area contributed by atoms with Crippen LogP contribution in [0.25, 0.3) is 0 Å². The van der Waals surface area contributed by atoms with E-state index >= 15 is 0 Å². The van der Waals surface area contributed by atoms with Crippen molar-refractivity contribution in [3.8, 4) is 0 Å². The van der Waals surface area contributed by atoms with Crippen LogP contribution in [0.4, 0.5) is 4.79 Å². The fourth-order valence-corrected chi connectivity index (χ4v) is 2.94. The van der Waals surface area contributed by atoms with Gasteiger partial charge in [0, 0.05) is 12.3 Å². The summed E-state index contributed by atoms with van der Waals surface area (Å²) in [6.07, 6.45) is 1.44. The number of aromatic nitrogens is 2. The quantitative estimate of drug-likeness (QED) is 0.926. The van der Waals surface area contributed by atoms with Gasteiger partial charge in [-0.05, 0) is 18.4 Å². The summed E-state index contributed by atoms with van der Waals surface area (Å²) in [7, 11) is 0. The Kier molecular flexibility index (Phi) is 3.93. The third-order valence-electron chi connectivity index (χ3n) is 4.40. The maximum atomic E-state index is 12.4. The minimum atomic E-state index is -0.615. The van der Waals surface area contributed by atoms with Crippen molar-refractivity contribution < 1.29 is 19.2 Å². The lowest BCUT2D eigenvalue weighted by Gasteiger charge is -2.20. The Morgan fingerprint density at radius 2 is 2.12 bits per heavy atom. The third kappa shape index (κ3) is 3.12. The van der Waals surface area contributed by atoms with Gasteiger partial charge in [-0.3, -0.25) is 4.90 Å². The zero-order chi connectivity index (χ0) is 16.5. The second-order valence-corrected chi connectivity index (χ2v) is 6.36. The highest BCUT2D eigenvalue weighted by atomic mass is 16.6. The summed E-state index contributed by atoms with van der Waals surface area (Å²) in [5, 5.41) is 13.9. The number of carbonyl (C=O) groups excluding carboxylic acids is 1. The van der Waals surface area contributed by atoms with Crippen LogP contribution in [0, 0.1) is 0 Å². The van der Waals surface area contributed by atoms with E-state index in [1.54, 1.807) is 0 Å². The van der Waals surface area contributed by atoms with Crippen LogP contribution in [0.15, 0.2) is 34.9 Å². The molecule has 2 aliphatic rings. The summed E-state index contributed by atoms with van der Waals surface area (Å²) in [5.74, 6) is 1.46. The average molecular weight is 329 g/mol. The number of likely N-dealkylation sites (tertiary alicyclic amines) is 1. The number of amides is 1. The minimum Gasteiger partial charge on any atom is -0.445 e. The van der Waals surface area contributed by atoms with Crippen LogP contribution < -0.4 is 0 Å². The van der Waals surface area contributed by atoms with Gasteiger partial charge in [0.15, 0.2) is 5.82 Å². The molecular formula is C17H19N3O4. The third-order valence-corrected chi connectivity index (χ3v) is 4.40. The molecule has 126 valence electrons. The summed E-state index contributed by atoms with van der Waals surface area (Å²) in [4.78, 5) is 18.3. The zero-order valence-electron chi connectivity index (χ0n) is 13.2. The Morgan fingerprint density at radius 1 is 1.33 bits per heavy atom. The Balaban J connectivity index is 1.44. The molecule has 2 atom stereocenters. The maximum Gasteiger partial charge on any atom is 0.410 e. The topological polar surface area (TPSA) is 88.7 Å². The molecular weight excluding hydrogens is 310 g/mol. The lowest BCUT2D eigenvalue weighted by atomic mass is 10.2. The first kappa shape index (κ1) is 15.1. The molecule has 2 heterocycles. The van der Waals surface area contributed by atoms with Gasteiger partial charge in [0.25, 0.3) is 0 Å². The minimum absolute atomic E-state index is 0.191. The average Bonchev–Trinajstić information content (AvgIpc) is 3.20. The van der Waals surface area contributed by atoms with Gasteiger partial charge >= 0.3 is 6.09 Å². The monoisotopic (exact) mass is 329 g/mol. The molecule has 24 heavy (non-hydrogen) atoms. The number of carbonyl (C=O) groups is 1. The molecule has 1 amide bonds. The number of ether oxygens (including phenoxy) is 1. The summed E-state index contributed by atoms with van der Waals surface area (Å²) < 4.78 is 10.7. The highest BCUT2D eigenvalue weighted by molar-refractivity contribution is 5.68. The van der Waals surface area contributed by atoms with Crippen LogP contribution in [0.3, 0.4) is 0 Å². The van der Waals surface area contributed by atoms with Gasteiger partial charge in [0.2, 0.25) is 5.89 Å². The number of nitrogens with zero attached hydrogens (tertiary/aromatic N) is 3. The summed E-state index contributed by atoms with van der Waals surface area (Å²) in [6, 6.07) is 9.05. The molecule has 1 saturated carbocycles. The van der Waals surface area contributed by atoms with E-state index in [4.69, 9.17) is 9.26 Å². The molecule has 1 aromatic carbocycles. The normalized spacial score (nSPS) is 23.5. The molecule has 1 N–H and O–H groups in total. The Morgan fingerprint density at radius 3 is 2.88 bits per heavy atom. The lowest BCUT2D eigenvalue weighted by Crippen LogP contribution is -2.32. The van der Waals surface area contributed by atoms with Crippen LogP contribution in [0.2, 0.25) is 0 Å². The predicted molar refractivity (Wildman–Crippen MR) is 83.0 cm³/mol. The van der Waals surface area contributed by atoms with Gasteiger partial charge in [0.1, 0.15) is 12.6 Å². The first-order valence-electron chi connectivity index (χ1n) is 8.19. The lowest BCUT2D eigenvalue weighted by molar-refractivity contribution is 0.0831. The second kappa shape index (κ2) is 6.24. The molecule has 0 bridgehead atoms. The molecule has 0 radical (unpaired) electrons. The van der Waals surface area contributed by atoms with E-state index in [1.165, 1.54) is 4.90 Å². The van der Waals surface area contributed by atoms with E-state index in [2.05, 4.69) is 10.1 Å². The summed E-state index contributed by atoms with van der Waals surface area (Å²) >= 11 is 0. The van der Waals surface area contributed by atoms with Gasteiger partial charge in [-0.1, -0.05) is 35.5 Å². The fraction of sp³-hybridized carbons (Fsp3) is 0.471. The molecule has 2 aromatic rings. The predicted octanol–water partition coefficient (Wildman–Crippen LogP) is 2.39. The number of aliphatic hydroxyl groups excluding tert-OH is 1. The number of rotatable bonds is 4. The first-order chi connectivity index (χ1) is 11.7. The number of hydrogen-bond acceptors (Lipinski definition) is 6. The highest BCUT2D eigenvalue weighted by Gasteiger charge is 2.40. The maximum absolute atomic E-state index is 12.4. The van der Waals surface area contributed by atoms with Crippen molar-refractivity contribution in [2.75, 3.05) is 6.54 Å². The van der Waals surface area contributed by atoms with Gasteiger partial charge in [-0.25, -0.2) is 4.79 Å². The van der Waals surface area contributed by atoms with Crippen LogP contribution in [0.1, 0.15) is 48.5 Å². The number of benzene rings is 1. The smallest absolute Gasteiger partial charge is 0.410 e. The Labute approximate surface area is 139 Å². The molecule has 2 fully saturated rings. The molecule has 1 aromatic heterocycles. The summed E-state index contributed by atoms with van der Waals surface area (Å²) in [6.45, 7) is 0.398. The standard InChI is InChI=1S/C17H19N3O4/c21-13-8-14(16-18-15(19-24-16)12-6-7-12)20(9-13)17(22)23-10-11-4-2-1-3-5-11/h1-5,12-14,21H,6-10H2/t13-,14+/m1/s1. The molecule has 1 aliphatic carbocycles. The van der Waals surface area contributed by atoms with Gasteiger partial charge < -0.3 is 14.4 Å². The van der Waals surface area contributed by atoms with E-state index in [9.17, 15) is 9.90 Å². The Bertz CT molecular complexity index is 714. The largest absolute Gasteiger partial charge is 0.445 e. The van der Waals surface area contributed by atoms with E-state index in [0.29, 0.717) is 24.1 Å². The Hall–Kier alpha value is -2.41. The van der Waals surface area contributed by atoms with Crippen molar-refractivity contribution in [1.29, 1.82) is 0 Å². The molecule has 7 nitrogen and oxygen atoms in total.